The van der Waals surface area contributed by atoms with E-state index in [1.807, 2.05) is 0 Å². The Kier molecular flexibility index (Phi) is 7.12. The Morgan fingerprint density at radius 1 is 0.444 bits per heavy atom. The fraction of sp³-hybridized carbons (Fsp3) is 0.186. The molecule has 0 aliphatic heterocycles. The third kappa shape index (κ3) is 5.44. The van der Waals surface area contributed by atoms with Gasteiger partial charge < -0.3 is 0 Å². The molecule has 0 aliphatic rings. The summed E-state index contributed by atoms with van der Waals surface area (Å²) in [6, 6.07) is 49.3. The van der Waals surface area contributed by atoms with E-state index in [0.29, 0.717) is 0 Å². The largest absolute Gasteiger partial charge is 0.247 e. The number of nitrogens with zero attached hydrogens (tertiary/aromatic N) is 1. The van der Waals surface area contributed by atoms with Crippen LogP contribution in [0.1, 0.15) is 52.7 Å². The van der Waals surface area contributed by atoms with E-state index in [0.717, 1.165) is 16.8 Å². The molecule has 2 heteroatoms. The molecule has 7 rings (SSSR count). The van der Waals surface area contributed by atoms with Crippen LogP contribution in [-0.4, -0.2) is 11.7 Å². The van der Waals surface area contributed by atoms with Crippen molar-refractivity contribution >= 4 is 55.5 Å². The van der Waals surface area contributed by atoms with Gasteiger partial charge in [-0.3, -0.25) is 0 Å². The van der Waals surface area contributed by atoms with Gasteiger partial charge in [0.15, 0.2) is 0 Å². The Morgan fingerprint density at radius 2 is 0.933 bits per heavy atom. The van der Waals surface area contributed by atoms with Crippen molar-refractivity contribution in [3.05, 3.63) is 145 Å². The van der Waals surface area contributed by atoms with Gasteiger partial charge in [0.25, 0.3) is 0 Å². The van der Waals surface area contributed by atoms with Crippen molar-refractivity contribution < 1.29 is 0 Å². The van der Waals surface area contributed by atoms with E-state index in [1.165, 1.54) is 54.4 Å². The van der Waals surface area contributed by atoms with Gasteiger partial charge in [-0.05, 0) is 38.8 Å². The van der Waals surface area contributed by atoms with Crippen molar-refractivity contribution in [2.45, 2.75) is 52.4 Å². The zero-order valence-electron chi connectivity index (χ0n) is 27.2. The van der Waals surface area contributed by atoms with E-state index in [4.69, 9.17) is 4.98 Å². The van der Waals surface area contributed by atoms with E-state index in [1.54, 1.807) is 0 Å². The number of fused-ring (bicyclic) bond motifs is 5. The van der Waals surface area contributed by atoms with E-state index in [2.05, 4.69) is 175 Å². The van der Waals surface area contributed by atoms with E-state index in [-0.39, 0.29) is 17.5 Å². The van der Waals surface area contributed by atoms with Crippen LogP contribution in [0.4, 0.5) is 0 Å². The lowest BCUT2D eigenvalue weighted by molar-refractivity contribution is 0.590. The Bertz CT molecular complexity index is 2070. The van der Waals surface area contributed by atoms with Crippen LogP contribution in [0.5, 0.6) is 0 Å². The summed E-state index contributed by atoms with van der Waals surface area (Å²) >= 11 is 0. The third-order valence-electron chi connectivity index (χ3n) is 9.33. The lowest BCUT2D eigenvalue weighted by atomic mass is 9.36. The summed E-state index contributed by atoms with van der Waals surface area (Å²) in [5, 5.41) is 6.17. The molecule has 0 spiro atoms. The minimum absolute atomic E-state index is 0.116. The van der Waals surface area contributed by atoms with E-state index < -0.39 is 0 Å². The molecule has 0 atom stereocenters. The first-order valence-corrected chi connectivity index (χ1v) is 16.1. The maximum absolute atomic E-state index is 5.24. The first kappa shape index (κ1) is 29.0. The van der Waals surface area contributed by atoms with Gasteiger partial charge in [-0.2, -0.15) is 0 Å². The highest BCUT2D eigenvalue weighted by Crippen LogP contribution is 2.36. The lowest BCUT2D eigenvalue weighted by Crippen LogP contribution is -2.52. The van der Waals surface area contributed by atoms with Crippen LogP contribution in [0.2, 0.25) is 0 Å². The molecule has 0 radical (unpaired) electrons. The zero-order valence-corrected chi connectivity index (χ0v) is 27.2. The molecule has 0 N–H and O–H groups in total. The average Bonchev–Trinajstić information content (AvgIpc) is 3.04. The Hall–Kier alpha value is -4.69. The summed E-state index contributed by atoms with van der Waals surface area (Å²) in [7, 11) is 0. The standard InChI is InChI=1S/C43H40BN/c1-42(2,3)31-18-24-34(25-19-31)44(35-26-20-32(21-27-35)43(4,5)6)33-22-15-30(16-23-33)41-38-28-17-29-11-7-8-12-36(29)40(38)37-13-9-10-14-39(37)45-41/h7-28H,1-6H3. The zero-order chi connectivity index (χ0) is 31.3. The van der Waals surface area contributed by atoms with Crippen molar-refractivity contribution in [3.63, 3.8) is 0 Å². The summed E-state index contributed by atoms with van der Waals surface area (Å²) in [6.07, 6.45) is 0. The van der Waals surface area contributed by atoms with Crippen LogP contribution in [0.25, 0.3) is 43.7 Å². The summed E-state index contributed by atoms with van der Waals surface area (Å²) in [6.45, 7) is 13.8. The molecule has 220 valence electrons. The van der Waals surface area contributed by atoms with Crippen LogP contribution in [0.3, 0.4) is 0 Å². The SMILES string of the molecule is CC(C)(C)c1ccc(B(c2ccc(-c3nc4ccccc4c4c3ccc3ccccc34)cc2)c2ccc(C(C)(C)C)cc2)cc1. The maximum atomic E-state index is 5.24. The number of pyridine rings is 1. The Labute approximate surface area is 268 Å². The minimum Gasteiger partial charge on any atom is -0.247 e. The molecule has 1 aromatic heterocycles. The van der Waals surface area contributed by atoms with Crippen LogP contribution in [0, 0.1) is 0 Å². The molecule has 6 aromatic carbocycles. The molecule has 1 heterocycles. The average molecular weight is 582 g/mol. The minimum atomic E-state index is 0.116. The molecule has 0 saturated carbocycles. The highest BCUT2D eigenvalue weighted by atomic mass is 14.7. The van der Waals surface area contributed by atoms with Crippen LogP contribution >= 0.6 is 0 Å². The van der Waals surface area contributed by atoms with Gasteiger partial charge >= 0.3 is 0 Å². The van der Waals surface area contributed by atoms with Crippen molar-refractivity contribution in [1.82, 2.24) is 4.98 Å². The van der Waals surface area contributed by atoms with Crippen LogP contribution in [-0.2, 0) is 10.8 Å². The molecular weight excluding hydrogens is 541 g/mol. The molecule has 0 fully saturated rings. The smallest absolute Gasteiger partial charge is 0.241 e. The molecule has 0 saturated heterocycles. The van der Waals surface area contributed by atoms with Crippen LogP contribution in [0.15, 0.2) is 133 Å². The molecule has 0 amide bonds. The Balaban J connectivity index is 1.36. The topological polar surface area (TPSA) is 12.9 Å². The molecule has 0 bridgehead atoms. The van der Waals surface area contributed by atoms with Crippen LogP contribution < -0.4 is 16.4 Å². The maximum Gasteiger partial charge on any atom is 0.241 e. The quantitative estimate of drug-likeness (QED) is 0.149. The van der Waals surface area contributed by atoms with Gasteiger partial charge in [0.05, 0.1) is 11.2 Å². The number of hydrogen-bond acceptors (Lipinski definition) is 1. The number of hydrogen-bond donors (Lipinski definition) is 0. The molecule has 1 nitrogen and oxygen atoms in total. The molecular formula is C43H40BN. The Morgan fingerprint density at radius 3 is 1.49 bits per heavy atom. The summed E-state index contributed by atoms with van der Waals surface area (Å²) in [5.74, 6) is 0. The first-order chi connectivity index (χ1) is 21.6. The van der Waals surface area contributed by atoms with Gasteiger partial charge in [-0.1, -0.05) is 185 Å². The number of para-hydroxylation sites is 1. The summed E-state index contributed by atoms with van der Waals surface area (Å²) < 4.78 is 0. The molecule has 0 unspecified atom stereocenters. The van der Waals surface area contributed by atoms with Gasteiger partial charge in [0.1, 0.15) is 0 Å². The predicted octanol–water partition coefficient (Wildman–Crippen LogP) is 9.32. The van der Waals surface area contributed by atoms with Crippen molar-refractivity contribution in [3.8, 4) is 11.3 Å². The first-order valence-electron chi connectivity index (χ1n) is 16.1. The number of aromatic nitrogens is 1. The molecule has 7 aromatic rings. The summed E-state index contributed by atoms with van der Waals surface area (Å²) in [4.78, 5) is 5.24. The molecule has 45 heavy (non-hydrogen) atoms. The van der Waals surface area contributed by atoms with Crippen molar-refractivity contribution in [2.75, 3.05) is 0 Å². The molecule has 0 aliphatic carbocycles. The third-order valence-corrected chi connectivity index (χ3v) is 9.33. The fourth-order valence-corrected chi connectivity index (χ4v) is 6.70. The normalized spacial score (nSPS) is 12.2. The lowest BCUT2D eigenvalue weighted by Gasteiger charge is -2.23. The highest BCUT2D eigenvalue weighted by Gasteiger charge is 2.24. The second-order valence-corrected chi connectivity index (χ2v) is 14.5. The number of benzene rings is 6. The van der Waals surface area contributed by atoms with Gasteiger partial charge in [-0.15, -0.1) is 0 Å². The highest BCUT2D eigenvalue weighted by molar-refractivity contribution is 6.95. The van der Waals surface area contributed by atoms with E-state index >= 15 is 0 Å². The van der Waals surface area contributed by atoms with Gasteiger partial charge in [0.2, 0.25) is 6.71 Å². The predicted molar refractivity (Wildman–Crippen MR) is 197 cm³/mol. The second-order valence-electron chi connectivity index (χ2n) is 14.5. The van der Waals surface area contributed by atoms with E-state index in [9.17, 15) is 0 Å². The monoisotopic (exact) mass is 581 g/mol. The number of rotatable bonds is 4. The van der Waals surface area contributed by atoms with Gasteiger partial charge in [0, 0.05) is 21.7 Å². The van der Waals surface area contributed by atoms with Crippen molar-refractivity contribution in [2.24, 2.45) is 0 Å². The van der Waals surface area contributed by atoms with Crippen molar-refractivity contribution in [1.29, 1.82) is 0 Å². The summed E-state index contributed by atoms with van der Waals surface area (Å²) in [5.41, 5.74) is 10.0. The van der Waals surface area contributed by atoms with Gasteiger partial charge in [-0.25, -0.2) is 4.98 Å². The second kappa shape index (κ2) is 11.0. The fourth-order valence-electron chi connectivity index (χ4n) is 6.70.